The van der Waals surface area contributed by atoms with E-state index in [9.17, 15) is 4.79 Å². The molecule has 1 aromatic carbocycles. The number of carbonyl (C=O) groups excluding carboxylic acids is 1. The van der Waals surface area contributed by atoms with E-state index in [1.165, 1.54) is 5.56 Å². The van der Waals surface area contributed by atoms with Crippen molar-refractivity contribution in [1.82, 2.24) is 4.90 Å². The summed E-state index contributed by atoms with van der Waals surface area (Å²) in [7, 11) is 0. The largest absolute Gasteiger partial charge is 0.369 e. The van der Waals surface area contributed by atoms with Gasteiger partial charge in [0.25, 0.3) is 0 Å². The summed E-state index contributed by atoms with van der Waals surface area (Å²) in [5, 5.41) is 8.82. The number of rotatable bonds is 3. The Bertz CT molecular complexity index is 504. The molecule has 0 radical (unpaired) electrons. The predicted molar refractivity (Wildman–Crippen MR) is 68.5 cm³/mol. The van der Waals surface area contributed by atoms with Gasteiger partial charge in [-0.1, -0.05) is 6.07 Å². The van der Waals surface area contributed by atoms with Crippen LogP contribution >= 0.6 is 0 Å². The van der Waals surface area contributed by atoms with Gasteiger partial charge in [-0.2, -0.15) is 5.26 Å². The summed E-state index contributed by atoms with van der Waals surface area (Å²) in [5.41, 5.74) is 8.34. The number of primary amides is 1. The lowest BCUT2D eigenvalue weighted by Crippen LogP contribution is -2.27. The lowest BCUT2D eigenvalue weighted by molar-refractivity contribution is -0.121. The third kappa shape index (κ3) is 2.69. The van der Waals surface area contributed by atoms with Crippen LogP contribution in [0.3, 0.4) is 0 Å². The van der Waals surface area contributed by atoms with Crippen molar-refractivity contribution in [2.45, 2.75) is 19.9 Å². The molecule has 0 saturated carbocycles. The Balaban J connectivity index is 2.03. The van der Waals surface area contributed by atoms with E-state index in [-0.39, 0.29) is 11.8 Å². The first-order chi connectivity index (χ1) is 8.60. The molecule has 0 spiro atoms. The highest BCUT2D eigenvalue weighted by molar-refractivity contribution is 5.77. The molecule has 2 N–H and O–H groups in total. The van der Waals surface area contributed by atoms with E-state index >= 15 is 0 Å². The van der Waals surface area contributed by atoms with Crippen LogP contribution in [0.5, 0.6) is 0 Å². The fourth-order valence-electron chi connectivity index (χ4n) is 2.39. The van der Waals surface area contributed by atoms with Crippen molar-refractivity contribution in [3.05, 3.63) is 34.9 Å². The van der Waals surface area contributed by atoms with Crippen LogP contribution in [0, 0.1) is 24.2 Å². The highest BCUT2D eigenvalue weighted by Gasteiger charge is 2.26. The molecule has 0 aromatic heterocycles. The number of benzene rings is 1. The molecule has 1 aromatic rings. The number of hydrogen-bond donors (Lipinski definition) is 1. The van der Waals surface area contributed by atoms with Gasteiger partial charge < -0.3 is 5.73 Å². The molecule has 1 aliphatic heterocycles. The molecule has 18 heavy (non-hydrogen) atoms. The van der Waals surface area contributed by atoms with Crippen molar-refractivity contribution in [2.75, 3.05) is 13.1 Å². The summed E-state index contributed by atoms with van der Waals surface area (Å²) in [6, 6.07) is 7.86. The second-order valence-corrected chi connectivity index (χ2v) is 4.88. The first kappa shape index (κ1) is 12.6. The van der Waals surface area contributed by atoms with E-state index in [0.717, 1.165) is 31.6 Å². The molecule has 1 saturated heterocycles. The quantitative estimate of drug-likeness (QED) is 0.866. The van der Waals surface area contributed by atoms with Crippen LogP contribution in [-0.2, 0) is 11.3 Å². The molecule has 4 nitrogen and oxygen atoms in total. The third-order valence-electron chi connectivity index (χ3n) is 3.54. The average Bonchev–Trinajstić information content (AvgIpc) is 2.80. The van der Waals surface area contributed by atoms with Gasteiger partial charge in [-0.3, -0.25) is 9.69 Å². The van der Waals surface area contributed by atoms with E-state index in [1.807, 2.05) is 25.1 Å². The van der Waals surface area contributed by atoms with Crippen LogP contribution in [0.25, 0.3) is 0 Å². The first-order valence-electron chi connectivity index (χ1n) is 6.11. The molecule has 2 rings (SSSR count). The van der Waals surface area contributed by atoms with Crippen LogP contribution in [0.4, 0.5) is 0 Å². The summed E-state index contributed by atoms with van der Waals surface area (Å²) in [6.45, 7) is 4.49. The fraction of sp³-hybridized carbons (Fsp3) is 0.429. The van der Waals surface area contributed by atoms with Gasteiger partial charge in [0.1, 0.15) is 0 Å². The van der Waals surface area contributed by atoms with E-state index < -0.39 is 0 Å². The molecule has 1 aliphatic rings. The van der Waals surface area contributed by atoms with Gasteiger partial charge in [0, 0.05) is 13.1 Å². The zero-order valence-corrected chi connectivity index (χ0v) is 10.5. The van der Waals surface area contributed by atoms with Crippen molar-refractivity contribution in [1.29, 1.82) is 5.26 Å². The summed E-state index contributed by atoms with van der Waals surface area (Å²) >= 11 is 0. The minimum atomic E-state index is -0.200. The molecule has 1 heterocycles. The van der Waals surface area contributed by atoms with Crippen LogP contribution in [-0.4, -0.2) is 23.9 Å². The smallest absolute Gasteiger partial charge is 0.221 e. The minimum absolute atomic E-state index is 0.0105. The van der Waals surface area contributed by atoms with Crippen LogP contribution in [0.1, 0.15) is 23.1 Å². The monoisotopic (exact) mass is 243 g/mol. The van der Waals surface area contributed by atoms with Gasteiger partial charge in [0.15, 0.2) is 0 Å². The molecule has 0 aliphatic carbocycles. The maximum absolute atomic E-state index is 11.1. The third-order valence-corrected chi connectivity index (χ3v) is 3.54. The number of nitriles is 1. The summed E-state index contributed by atoms with van der Waals surface area (Å²) in [4.78, 5) is 13.3. The average molecular weight is 243 g/mol. The molecule has 0 bridgehead atoms. The lowest BCUT2D eigenvalue weighted by Gasteiger charge is -2.17. The van der Waals surface area contributed by atoms with Gasteiger partial charge in [-0.05, 0) is 43.1 Å². The van der Waals surface area contributed by atoms with Gasteiger partial charge in [0.2, 0.25) is 5.91 Å². The maximum Gasteiger partial charge on any atom is 0.221 e. The molecular formula is C14H17N3O. The SMILES string of the molecule is Cc1cc(C#N)ccc1CN1CCC(C(N)=O)C1. The second kappa shape index (κ2) is 5.19. The standard InChI is InChI=1S/C14H17N3O/c1-10-6-11(7-15)2-3-12(10)8-17-5-4-13(9-17)14(16)18/h2-3,6,13H,4-5,8-9H2,1H3,(H2,16,18). The summed E-state index contributed by atoms with van der Waals surface area (Å²) in [6.07, 6.45) is 0.852. The van der Waals surface area contributed by atoms with Crippen LogP contribution in [0.2, 0.25) is 0 Å². The number of nitrogens with zero attached hydrogens (tertiary/aromatic N) is 2. The Morgan fingerprint density at radius 1 is 1.61 bits per heavy atom. The number of carbonyl (C=O) groups is 1. The maximum atomic E-state index is 11.1. The number of nitrogens with two attached hydrogens (primary N) is 1. The Labute approximate surface area is 107 Å². The van der Waals surface area contributed by atoms with Gasteiger partial charge in [-0.15, -0.1) is 0 Å². The van der Waals surface area contributed by atoms with Crippen LogP contribution < -0.4 is 5.73 Å². The Morgan fingerprint density at radius 2 is 2.39 bits per heavy atom. The fourth-order valence-corrected chi connectivity index (χ4v) is 2.39. The number of likely N-dealkylation sites (tertiary alicyclic amines) is 1. The van der Waals surface area contributed by atoms with E-state index in [0.29, 0.717) is 5.56 Å². The van der Waals surface area contributed by atoms with Crippen LogP contribution in [0.15, 0.2) is 18.2 Å². The Hall–Kier alpha value is -1.86. The second-order valence-electron chi connectivity index (χ2n) is 4.88. The molecule has 4 heteroatoms. The first-order valence-corrected chi connectivity index (χ1v) is 6.11. The Morgan fingerprint density at radius 3 is 2.94 bits per heavy atom. The topological polar surface area (TPSA) is 70.1 Å². The number of aryl methyl sites for hydroxylation is 1. The molecule has 1 fully saturated rings. The molecule has 1 amide bonds. The number of hydrogen-bond acceptors (Lipinski definition) is 3. The van der Waals surface area contributed by atoms with Crippen molar-refractivity contribution >= 4 is 5.91 Å². The predicted octanol–water partition coefficient (Wildman–Crippen LogP) is 1.17. The molecule has 1 unspecified atom stereocenters. The zero-order chi connectivity index (χ0) is 13.1. The highest BCUT2D eigenvalue weighted by atomic mass is 16.1. The van der Waals surface area contributed by atoms with Crippen molar-refractivity contribution in [3.8, 4) is 6.07 Å². The normalized spacial score (nSPS) is 19.7. The van der Waals surface area contributed by atoms with E-state index in [2.05, 4.69) is 11.0 Å². The minimum Gasteiger partial charge on any atom is -0.369 e. The lowest BCUT2D eigenvalue weighted by atomic mass is 10.1. The van der Waals surface area contributed by atoms with E-state index in [1.54, 1.807) is 0 Å². The van der Waals surface area contributed by atoms with Crippen molar-refractivity contribution < 1.29 is 4.79 Å². The highest BCUT2D eigenvalue weighted by Crippen LogP contribution is 2.20. The molecule has 1 atom stereocenters. The van der Waals surface area contributed by atoms with Gasteiger partial charge in [-0.25, -0.2) is 0 Å². The van der Waals surface area contributed by atoms with Gasteiger partial charge >= 0.3 is 0 Å². The van der Waals surface area contributed by atoms with Crippen molar-refractivity contribution in [2.24, 2.45) is 11.7 Å². The van der Waals surface area contributed by atoms with E-state index in [4.69, 9.17) is 11.0 Å². The summed E-state index contributed by atoms with van der Waals surface area (Å²) < 4.78 is 0. The number of amides is 1. The molecule has 94 valence electrons. The summed E-state index contributed by atoms with van der Waals surface area (Å²) in [5.74, 6) is -0.210. The Kier molecular flexibility index (Phi) is 3.63. The zero-order valence-electron chi connectivity index (χ0n) is 10.5. The molecular weight excluding hydrogens is 226 g/mol. The van der Waals surface area contributed by atoms with Crippen molar-refractivity contribution in [3.63, 3.8) is 0 Å². The van der Waals surface area contributed by atoms with Gasteiger partial charge in [0.05, 0.1) is 17.6 Å².